The van der Waals surface area contributed by atoms with Crippen molar-refractivity contribution >= 4 is 23.7 Å². The molecule has 0 bridgehead atoms. The van der Waals surface area contributed by atoms with E-state index in [1.54, 1.807) is 23.5 Å². The summed E-state index contributed by atoms with van der Waals surface area (Å²) < 4.78 is 13.1. The average molecular weight is 313 g/mol. The predicted octanol–water partition coefficient (Wildman–Crippen LogP) is 3.30. The number of rotatable bonds is 3. The van der Waals surface area contributed by atoms with Crippen LogP contribution in [0, 0.1) is 5.82 Å². The van der Waals surface area contributed by atoms with Crippen LogP contribution in [0.3, 0.4) is 0 Å². The number of hydrogen-bond acceptors (Lipinski definition) is 3. The van der Waals surface area contributed by atoms with Gasteiger partial charge in [-0.15, -0.1) is 12.4 Å². The van der Waals surface area contributed by atoms with E-state index in [9.17, 15) is 4.39 Å². The largest absolute Gasteiger partial charge is 0.314 e. The molecule has 0 saturated carbocycles. The van der Waals surface area contributed by atoms with Crippen LogP contribution in [0.25, 0.3) is 0 Å². The van der Waals surface area contributed by atoms with E-state index < -0.39 is 0 Å². The molecule has 108 valence electrons. The Morgan fingerprint density at radius 1 is 1.05 bits per heavy atom. The number of piperazine rings is 1. The molecule has 2 aromatic rings. The first kappa shape index (κ1) is 15.4. The summed E-state index contributed by atoms with van der Waals surface area (Å²) >= 11 is 1.71. The Morgan fingerprint density at radius 3 is 2.35 bits per heavy atom. The van der Waals surface area contributed by atoms with Gasteiger partial charge in [-0.25, -0.2) is 4.39 Å². The third kappa shape index (κ3) is 3.38. The molecule has 2 heterocycles. The molecular weight excluding hydrogens is 295 g/mol. The van der Waals surface area contributed by atoms with Crippen LogP contribution in [0.4, 0.5) is 4.39 Å². The third-order valence-electron chi connectivity index (χ3n) is 3.56. The van der Waals surface area contributed by atoms with Crippen molar-refractivity contribution < 1.29 is 4.39 Å². The van der Waals surface area contributed by atoms with E-state index in [1.807, 2.05) is 12.1 Å². The van der Waals surface area contributed by atoms with Crippen LogP contribution in [-0.2, 0) is 0 Å². The average Bonchev–Trinajstić information content (AvgIpc) is 2.96. The highest BCUT2D eigenvalue weighted by Gasteiger charge is 2.23. The van der Waals surface area contributed by atoms with Gasteiger partial charge in [0.1, 0.15) is 5.82 Å². The van der Waals surface area contributed by atoms with Gasteiger partial charge in [0.2, 0.25) is 0 Å². The molecule has 1 N–H and O–H groups in total. The Kier molecular flexibility index (Phi) is 5.54. The minimum absolute atomic E-state index is 0. The van der Waals surface area contributed by atoms with Crippen LogP contribution in [-0.4, -0.2) is 31.1 Å². The number of nitrogens with one attached hydrogen (secondary N) is 1. The maximum absolute atomic E-state index is 13.1. The fraction of sp³-hybridized carbons (Fsp3) is 0.333. The molecule has 0 unspecified atom stereocenters. The molecule has 1 aromatic carbocycles. The molecule has 0 aliphatic carbocycles. The molecular formula is C15H18ClFN2S. The second-order valence-corrected chi connectivity index (χ2v) is 5.58. The number of nitrogens with zero attached hydrogens (tertiary/aromatic N) is 1. The Hall–Kier alpha value is -0.940. The third-order valence-corrected chi connectivity index (χ3v) is 4.26. The van der Waals surface area contributed by atoms with Crippen LogP contribution < -0.4 is 5.32 Å². The fourth-order valence-electron chi connectivity index (χ4n) is 2.63. The Morgan fingerprint density at radius 2 is 1.75 bits per heavy atom. The second kappa shape index (κ2) is 7.18. The quantitative estimate of drug-likeness (QED) is 0.935. The van der Waals surface area contributed by atoms with E-state index in [2.05, 4.69) is 27.0 Å². The lowest BCUT2D eigenvalue weighted by Gasteiger charge is -2.35. The van der Waals surface area contributed by atoms with E-state index in [-0.39, 0.29) is 24.3 Å². The molecule has 1 aliphatic heterocycles. The number of halogens is 2. The van der Waals surface area contributed by atoms with Gasteiger partial charge in [0, 0.05) is 26.2 Å². The van der Waals surface area contributed by atoms with Gasteiger partial charge in [0.25, 0.3) is 0 Å². The van der Waals surface area contributed by atoms with Crippen molar-refractivity contribution in [2.45, 2.75) is 6.04 Å². The monoisotopic (exact) mass is 312 g/mol. The van der Waals surface area contributed by atoms with Gasteiger partial charge in [-0.05, 0) is 40.1 Å². The second-order valence-electron chi connectivity index (χ2n) is 4.80. The maximum atomic E-state index is 13.1. The summed E-state index contributed by atoms with van der Waals surface area (Å²) in [6, 6.07) is 9.32. The first-order valence-electron chi connectivity index (χ1n) is 6.57. The number of thiophene rings is 1. The van der Waals surface area contributed by atoms with Crippen molar-refractivity contribution in [3.05, 3.63) is 58.0 Å². The van der Waals surface area contributed by atoms with E-state index >= 15 is 0 Å². The van der Waals surface area contributed by atoms with Crippen LogP contribution in [0.2, 0.25) is 0 Å². The highest BCUT2D eigenvalue weighted by molar-refractivity contribution is 7.08. The Bertz CT molecular complexity index is 509. The normalized spacial score (nSPS) is 17.4. The topological polar surface area (TPSA) is 15.3 Å². The SMILES string of the molecule is Cl.Fc1ccc([C@@H](c2ccsc2)N2CCNCC2)cc1. The molecule has 2 nitrogen and oxygen atoms in total. The first-order valence-corrected chi connectivity index (χ1v) is 7.51. The molecule has 1 aliphatic rings. The van der Waals surface area contributed by atoms with Crippen molar-refractivity contribution in [1.29, 1.82) is 0 Å². The summed E-state index contributed by atoms with van der Waals surface area (Å²) in [6.45, 7) is 4.08. The summed E-state index contributed by atoms with van der Waals surface area (Å²) in [4.78, 5) is 2.46. The lowest BCUT2D eigenvalue weighted by Crippen LogP contribution is -2.45. The smallest absolute Gasteiger partial charge is 0.123 e. The van der Waals surface area contributed by atoms with Crippen molar-refractivity contribution in [2.24, 2.45) is 0 Å². The molecule has 1 aromatic heterocycles. The summed E-state index contributed by atoms with van der Waals surface area (Å²) in [5, 5.41) is 7.67. The van der Waals surface area contributed by atoms with E-state index in [0.717, 1.165) is 26.2 Å². The summed E-state index contributed by atoms with van der Waals surface area (Å²) in [7, 11) is 0. The summed E-state index contributed by atoms with van der Waals surface area (Å²) in [5.41, 5.74) is 2.47. The number of hydrogen-bond donors (Lipinski definition) is 1. The van der Waals surface area contributed by atoms with E-state index in [0.29, 0.717) is 0 Å². The van der Waals surface area contributed by atoms with Crippen LogP contribution in [0.15, 0.2) is 41.1 Å². The van der Waals surface area contributed by atoms with Gasteiger partial charge in [-0.3, -0.25) is 4.90 Å². The van der Waals surface area contributed by atoms with Crippen molar-refractivity contribution in [1.82, 2.24) is 10.2 Å². The number of benzene rings is 1. The van der Waals surface area contributed by atoms with Crippen molar-refractivity contribution in [3.8, 4) is 0 Å². The standard InChI is InChI=1S/C15H17FN2S.ClH/c16-14-3-1-12(2-4-14)15(13-5-10-19-11-13)18-8-6-17-7-9-18;/h1-5,10-11,15,17H,6-9H2;1H/t15-;/m0./s1. The van der Waals surface area contributed by atoms with Gasteiger partial charge in [-0.1, -0.05) is 12.1 Å². The molecule has 5 heteroatoms. The summed E-state index contributed by atoms with van der Waals surface area (Å²) in [6.07, 6.45) is 0. The highest BCUT2D eigenvalue weighted by Crippen LogP contribution is 2.30. The summed E-state index contributed by atoms with van der Waals surface area (Å²) in [5.74, 6) is -0.173. The Balaban J connectivity index is 0.00000147. The van der Waals surface area contributed by atoms with Crippen LogP contribution in [0.1, 0.15) is 17.2 Å². The van der Waals surface area contributed by atoms with Crippen molar-refractivity contribution in [2.75, 3.05) is 26.2 Å². The van der Waals surface area contributed by atoms with Gasteiger partial charge in [0.05, 0.1) is 6.04 Å². The predicted molar refractivity (Wildman–Crippen MR) is 84.3 cm³/mol. The zero-order valence-corrected chi connectivity index (χ0v) is 12.7. The van der Waals surface area contributed by atoms with Crippen LogP contribution in [0.5, 0.6) is 0 Å². The molecule has 1 saturated heterocycles. The van der Waals surface area contributed by atoms with Gasteiger partial charge in [0.15, 0.2) is 0 Å². The van der Waals surface area contributed by atoms with Crippen molar-refractivity contribution in [3.63, 3.8) is 0 Å². The lowest BCUT2D eigenvalue weighted by atomic mass is 9.99. The van der Waals surface area contributed by atoms with E-state index in [4.69, 9.17) is 0 Å². The minimum atomic E-state index is -0.173. The van der Waals surface area contributed by atoms with Gasteiger partial charge >= 0.3 is 0 Å². The fourth-order valence-corrected chi connectivity index (χ4v) is 3.31. The molecule has 0 radical (unpaired) electrons. The highest BCUT2D eigenvalue weighted by atomic mass is 35.5. The zero-order chi connectivity index (χ0) is 13.1. The zero-order valence-electron chi connectivity index (χ0n) is 11.1. The molecule has 0 amide bonds. The van der Waals surface area contributed by atoms with Crippen LogP contribution >= 0.6 is 23.7 Å². The first-order chi connectivity index (χ1) is 9.34. The molecule has 1 atom stereocenters. The lowest BCUT2D eigenvalue weighted by molar-refractivity contribution is 0.198. The minimum Gasteiger partial charge on any atom is -0.314 e. The molecule has 3 rings (SSSR count). The van der Waals surface area contributed by atoms with Gasteiger partial charge in [-0.2, -0.15) is 11.3 Å². The van der Waals surface area contributed by atoms with E-state index in [1.165, 1.54) is 11.1 Å². The molecule has 1 fully saturated rings. The van der Waals surface area contributed by atoms with Gasteiger partial charge < -0.3 is 5.32 Å². The molecule has 20 heavy (non-hydrogen) atoms. The Labute approximate surface area is 129 Å². The maximum Gasteiger partial charge on any atom is 0.123 e. The molecule has 0 spiro atoms.